The summed E-state index contributed by atoms with van der Waals surface area (Å²) in [6.07, 6.45) is 3.28. The van der Waals surface area contributed by atoms with Gasteiger partial charge in [0.2, 0.25) is 0 Å². The van der Waals surface area contributed by atoms with Crippen molar-refractivity contribution in [1.82, 2.24) is 0 Å². The highest BCUT2D eigenvalue weighted by Gasteiger charge is 2.92. The number of rotatable bonds is 1. The van der Waals surface area contributed by atoms with Crippen LogP contribution in [-0.2, 0) is 9.53 Å². The molecule has 1 N–H and O–H groups in total. The van der Waals surface area contributed by atoms with Crippen LogP contribution in [0.15, 0.2) is 12.2 Å². The van der Waals surface area contributed by atoms with Gasteiger partial charge in [0.25, 0.3) is 0 Å². The van der Waals surface area contributed by atoms with Crippen LogP contribution >= 0.6 is 0 Å². The number of epoxide rings is 1. The fourth-order valence-electron chi connectivity index (χ4n) is 8.27. The molecule has 0 bridgehead atoms. The Morgan fingerprint density at radius 2 is 2.04 bits per heavy atom. The average molecular weight is 316 g/mol. The van der Waals surface area contributed by atoms with Gasteiger partial charge in [-0.2, -0.15) is 0 Å². The van der Waals surface area contributed by atoms with Gasteiger partial charge in [-0.05, 0) is 54.4 Å². The second-order valence-corrected chi connectivity index (χ2v) is 9.72. The van der Waals surface area contributed by atoms with E-state index in [9.17, 15) is 9.90 Å². The van der Waals surface area contributed by atoms with Gasteiger partial charge < -0.3 is 9.84 Å². The fourth-order valence-corrected chi connectivity index (χ4v) is 8.27. The Morgan fingerprint density at radius 3 is 2.70 bits per heavy atom. The number of ketones is 1. The van der Waals surface area contributed by atoms with Crippen LogP contribution < -0.4 is 0 Å². The molecule has 1 aliphatic heterocycles. The second-order valence-electron chi connectivity index (χ2n) is 9.72. The lowest BCUT2D eigenvalue weighted by Crippen LogP contribution is -2.48. The molecule has 1 heterocycles. The van der Waals surface area contributed by atoms with Crippen molar-refractivity contribution in [1.29, 1.82) is 0 Å². The smallest absolute Gasteiger partial charge is 0.142 e. The molecule has 126 valence electrons. The molecule has 0 unspecified atom stereocenters. The van der Waals surface area contributed by atoms with Gasteiger partial charge in [-0.1, -0.05) is 27.4 Å². The van der Waals surface area contributed by atoms with Crippen LogP contribution in [0.4, 0.5) is 0 Å². The number of carbonyl (C=O) groups is 1. The summed E-state index contributed by atoms with van der Waals surface area (Å²) in [4.78, 5) is 13.4. The molecule has 2 spiro atoms. The molecule has 0 amide bonds. The predicted molar refractivity (Wildman–Crippen MR) is 86.7 cm³/mol. The number of Topliss-reactive ketones (excluding diaryl/α,β-unsaturated/α-hetero) is 1. The van der Waals surface area contributed by atoms with Crippen LogP contribution in [0, 0.1) is 34.0 Å². The SMILES string of the molecule is C=C1[C@@H](O)[C@H]2O[C@@]23[C@@H]1C[C@]12CC[C@H](C(C)C)[C@@]1(C)CC(=O)[C@]32C. The summed E-state index contributed by atoms with van der Waals surface area (Å²) in [5, 5.41) is 10.4. The van der Waals surface area contributed by atoms with E-state index in [4.69, 9.17) is 4.74 Å². The van der Waals surface area contributed by atoms with Crippen LogP contribution in [-0.4, -0.2) is 28.7 Å². The van der Waals surface area contributed by atoms with E-state index in [2.05, 4.69) is 34.3 Å². The number of ether oxygens (including phenoxy) is 1. The third kappa shape index (κ3) is 1.09. The third-order valence-corrected chi connectivity index (χ3v) is 9.29. The maximum atomic E-state index is 13.4. The normalized spacial score (nSPS) is 62.5. The Bertz CT molecular complexity index is 653. The molecular weight excluding hydrogens is 288 g/mol. The standard InChI is InChI=1S/C20H28O3/c1-10(2)12-6-7-19-8-13-11(3)15(22)16-20(13,23-16)18(19,5)14(21)9-17(12,19)4/h10,12-13,15-16,22H,3,6-9H2,1-2,4-5H3/t12-,13-,15-,16-,17-,18+,19-,20+/m1/s1. The van der Waals surface area contributed by atoms with Crippen LogP contribution in [0.5, 0.6) is 0 Å². The molecule has 0 aromatic carbocycles. The Morgan fingerprint density at radius 1 is 1.35 bits per heavy atom. The van der Waals surface area contributed by atoms with E-state index in [0.717, 1.165) is 18.4 Å². The Balaban J connectivity index is 1.71. The van der Waals surface area contributed by atoms with E-state index in [1.165, 1.54) is 6.42 Å². The number of carbonyl (C=O) groups excluding carboxylic acids is 1. The first-order valence-corrected chi connectivity index (χ1v) is 9.25. The summed E-state index contributed by atoms with van der Waals surface area (Å²) in [5.41, 5.74) is 0.162. The number of aliphatic hydroxyl groups is 1. The maximum absolute atomic E-state index is 13.4. The van der Waals surface area contributed by atoms with E-state index in [-0.39, 0.29) is 22.9 Å². The monoisotopic (exact) mass is 316 g/mol. The lowest BCUT2D eigenvalue weighted by molar-refractivity contribution is -0.131. The number of hydrogen-bond acceptors (Lipinski definition) is 3. The van der Waals surface area contributed by atoms with Gasteiger partial charge in [0.15, 0.2) is 0 Å². The minimum Gasteiger partial charge on any atom is -0.386 e. The quantitative estimate of drug-likeness (QED) is 0.597. The van der Waals surface area contributed by atoms with Crippen LogP contribution in [0.25, 0.3) is 0 Å². The number of aliphatic hydroxyl groups excluding tert-OH is 1. The first kappa shape index (κ1) is 14.7. The molecule has 5 aliphatic rings. The van der Waals surface area contributed by atoms with Gasteiger partial charge in [0.1, 0.15) is 23.6 Å². The van der Waals surface area contributed by atoms with Crippen molar-refractivity contribution in [2.45, 2.75) is 71.2 Å². The zero-order valence-corrected chi connectivity index (χ0v) is 14.7. The summed E-state index contributed by atoms with van der Waals surface area (Å²) in [6.45, 7) is 13.4. The van der Waals surface area contributed by atoms with Crippen LogP contribution in [0.2, 0.25) is 0 Å². The Kier molecular flexibility index (Phi) is 2.31. The lowest BCUT2D eigenvalue weighted by atomic mass is 9.56. The topological polar surface area (TPSA) is 49.8 Å². The zero-order chi connectivity index (χ0) is 16.6. The molecule has 3 heteroatoms. The number of hydrogen-bond donors (Lipinski definition) is 1. The van der Waals surface area contributed by atoms with E-state index in [0.29, 0.717) is 24.0 Å². The highest BCUT2D eigenvalue weighted by molar-refractivity contribution is 5.93. The van der Waals surface area contributed by atoms with Crippen molar-refractivity contribution >= 4 is 5.78 Å². The second kappa shape index (κ2) is 3.62. The largest absolute Gasteiger partial charge is 0.386 e. The molecule has 0 aromatic rings. The molecule has 0 aromatic heterocycles. The van der Waals surface area contributed by atoms with E-state index in [1.807, 2.05) is 0 Å². The van der Waals surface area contributed by atoms with Crippen molar-refractivity contribution < 1.29 is 14.6 Å². The van der Waals surface area contributed by atoms with E-state index >= 15 is 0 Å². The first-order valence-electron chi connectivity index (χ1n) is 9.25. The molecule has 5 rings (SSSR count). The molecule has 23 heavy (non-hydrogen) atoms. The van der Waals surface area contributed by atoms with Crippen LogP contribution in [0.1, 0.15) is 53.4 Å². The molecule has 4 saturated carbocycles. The predicted octanol–water partition coefficient (Wildman–Crippen LogP) is 3.11. The van der Waals surface area contributed by atoms with E-state index < -0.39 is 17.1 Å². The summed E-state index contributed by atoms with van der Waals surface area (Å²) in [6, 6.07) is 0. The van der Waals surface area contributed by atoms with Gasteiger partial charge in [0, 0.05) is 12.3 Å². The summed E-state index contributed by atoms with van der Waals surface area (Å²) in [5.74, 6) is 1.77. The minimum absolute atomic E-state index is 0.0362. The van der Waals surface area contributed by atoms with Gasteiger partial charge in [-0.25, -0.2) is 0 Å². The van der Waals surface area contributed by atoms with Gasteiger partial charge in [-0.15, -0.1) is 0 Å². The van der Waals surface area contributed by atoms with Crippen molar-refractivity contribution in [3.63, 3.8) is 0 Å². The molecule has 5 fully saturated rings. The highest BCUT2D eigenvalue weighted by atomic mass is 16.6. The molecule has 3 nitrogen and oxygen atoms in total. The van der Waals surface area contributed by atoms with Crippen molar-refractivity contribution in [2.75, 3.05) is 0 Å². The van der Waals surface area contributed by atoms with Gasteiger partial charge >= 0.3 is 0 Å². The van der Waals surface area contributed by atoms with Crippen LogP contribution in [0.3, 0.4) is 0 Å². The third-order valence-electron chi connectivity index (χ3n) is 9.29. The summed E-state index contributed by atoms with van der Waals surface area (Å²) >= 11 is 0. The van der Waals surface area contributed by atoms with Crippen molar-refractivity contribution in [2.24, 2.45) is 34.0 Å². The minimum atomic E-state index is -0.573. The van der Waals surface area contributed by atoms with Crippen molar-refractivity contribution in [3.05, 3.63) is 12.2 Å². The first-order chi connectivity index (χ1) is 10.7. The molecule has 0 radical (unpaired) electrons. The summed E-state index contributed by atoms with van der Waals surface area (Å²) < 4.78 is 6.15. The van der Waals surface area contributed by atoms with Gasteiger partial charge in [0.05, 0.1) is 5.41 Å². The molecule has 4 aliphatic carbocycles. The Hall–Kier alpha value is -0.670. The average Bonchev–Trinajstić information content (AvgIpc) is 2.98. The molecule has 8 atom stereocenters. The lowest BCUT2D eigenvalue weighted by Gasteiger charge is -2.46. The zero-order valence-electron chi connectivity index (χ0n) is 14.7. The Labute approximate surface area is 138 Å². The molecular formula is C20H28O3. The van der Waals surface area contributed by atoms with Crippen molar-refractivity contribution in [3.8, 4) is 0 Å². The maximum Gasteiger partial charge on any atom is 0.142 e. The highest BCUT2D eigenvalue weighted by Crippen LogP contribution is 2.86. The molecule has 1 saturated heterocycles. The summed E-state index contributed by atoms with van der Waals surface area (Å²) in [7, 11) is 0. The van der Waals surface area contributed by atoms with Gasteiger partial charge in [-0.3, -0.25) is 4.79 Å². The van der Waals surface area contributed by atoms with E-state index in [1.54, 1.807) is 0 Å². The fraction of sp³-hybridized carbons (Fsp3) is 0.850.